The average molecular weight is 451 g/mol. The lowest BCUT2D eigenvalue weighted by molar-refractivity contribution is 0.188. The Kier molecular flexibility index (Phi) is 5.65. The van der Waals surface area contributed by atoms with Crippen LogP contribution in [0.15, 0.2) is 58.3 Å². The van der Waals surface area contributed by atoms with E-state index in [1.807, 2.05) is 6.07 Å². The maximum absolute atomic E-state index is 13.5. The van der Waals surface area contributed by atoms with Crippen LogP contribution in [-0.2, 0) is 19.7 Å². The van der Waals surface area contributed by atoms with Crippen molar-refractivity contribution in [2.45, 2.75) is 27.2 Å². The third-order valence-corrected chi connectivity index (χ3v) is 10.7. The first-order chi connectivity index (χ1) is 14.3. The molecule has 9 heteroatoms. The first kappa shape index (κ1) is 21.3. The monoisotopic (exact) mass is 450 g/mol. The number of nitrogens with zero attached hydrogens (tertiary/aromatic N) is 2. The second kappa shape index (κ2) is 7.96. The van der Waals surface area contributed by atoms with Gasteiger partial charge in [-0.3, -0.25) is 4.90 Å². The summed E-state index contributed by atoms with van der Waals surface area (Å²) in [6.45, 7) is 4.91. The van der Waals surface area contributed by atoms with Gasteiger partial charge in [-0.25, -0.2) is 16.8 Å². The Hall–Kier alpha value is -1.94. The van der Waals surface area contributed by atoms with E-state index in [9.17, 15) is 16.8 Å². The lowest BCUT2D eigenvalue weighted by atomic mass is 10.1. The van der Waals surface area contributed by atoms with Crippen LogP contribution in [0.5, 0.6) is 0 Å². The molecule has 2 aromatic rings. The largest absolute Gasteiger partial charge is 0.395 e. The summed E-state index contributed by atoms with van der Waals surface area (Å²) in [5.74, 6) is 0. The number of aliphatic hydroxyl groups excluding tert-OH is 1. The standard InChI is InChI=1S/C21H26N2O5S2/c1-16-21(30(27,28)17-6-3-2-4-7-17)20-18(8-5-9-19(20)29(16,25)26)23-12-10-22(11-13-23)14-15-24/h2-9,16,21,24H,10-15H2,1H3. The normalized spacial score (nSPS) is 24.0. The van der Waals surface area contributed by atoms with Gasteiger partial charge in [-0.15, -0.1) is 0 Å². The zero-order valence-corrected chi connectivity index (χ0v) is 18.4. The van der Waals surface area contributed by atoms with E-state index < -0.39 is 30.2 Å². The third-order valence-electron chi connectivity index (χ3n) is 6.09. The molecular weight excluding hydrogens is 424 g/mol. The van der Waals surface area contributed by atoms with Crippen LogP contribution in [0.4, 0.5) is 5.69 Å². The summed E-state index contributed by atoms with van der Waals surface area (Å²) in [6.07, 6.45) is 0. The number of anilines is 1. The van der Waals surface area contributed by atoms with Crippen molar-refractivity contribution in [2.24, 2.45) is 0 Å². The Bertz CT molecular complexity index is 1130. The summed E-state index contributed by atoms with van der Waals surface area (Å²) in [5.41, 5.74) is 1.07. The van der Waals surface area contributed by atoms with Crippen LogP contribution >= 0.6 is 0 Å². The Morgan fingerprint density at radius 2 is 1.67 bits per heavy atom. The van der Waals surface area contributed by atoms with Gasteiger partial charge in [-0.2, -0.15) is 0 Å². The molecule has 0 radical (unpaired) electrons. The molecule has 0 bridgehead atoms. The fraction of sp³-hybridized carbons (Fsp3) is 0.429. The highest BCUT2D eigenvalue weighted by Gasteiger charge is 2.51. The van der Waals surface area contributed by atoms with E-state index in [4.69, 9.17) is 5.11 Å². The minimum atomic E-state index is -3.90. The summed E-state index contributed by atoms with van der Waals surface area (Å²) in [6, 6.07) is 13.1. The predicted molar refractivity (Wildman–Crippen MR) is 115 cm³/mol. The van der Waals surface area contributed by atoms with Crippen LogP contribution in [0.1, 0.15) is 17.7 Å². The van der Waals surface area contributed by atoms with Crippen LogP contribution in [-0.4, -0.2) is 71.4 Å². The highest BCUT2D eigenvalue weighted by atomic mass is 32.2. The van der Waals surface area contributed by atoms with Gasteiger partial charge >= 0.3 is 0 Å². The molecular formula is C21H26N2O5S2. The van der Waals surface area contributed by atoms with Crippen molar-refractivity contribution in [1.29, 1.82) is 0 Å². The molecule has 0 saturated carbocycles. The van der Waals surface area contributed by atoms with Crippen LogP contribution in [0.25, 0.3) is 0 Å². The van der Waals surface area contributed by atoms with Crippen LogP contribution in [0.2, 0.25) is 0 Å². The molecule has 2 unspecified atom stereocenters. The molecule has 30 heavy (non-hydrogen) atoms. The number of hydrogen-bond acceptors (Lipinski definition) is 7. The number of piperazine rings is 1. The van der Waals surface area contributed by atoms with Crippen molar-refractivity contribution in [3.05, 3.63) is 54.1 Å². The molecule has 1 N–H and O–H groups in total. The fourth-order valence-corrected chi connectivity index (χ4v) is 8.97. The molecule has 0 spiro atoms. The van der Waals surface area contributed by atoms with Crippen molar-refractivity contribution >= 4 is 25.4 Å². The Morgan fingerprint density at radius 1 is 1.00 bits per heavy atom. The van der Waals surface area contributed by atoms with Gasteiger partial charge < -0.3 is 10.0 Å². The molecule has 1 fully saturated rings. The smallest absolute Gasteiger partial charge is 0.186 e. The zero-order chi connectivity index (χ0) is 21.5. The van der Waals surface area contributed by atoms with Crippen molar-refractivity contribution in [3.63, 3.8) is 0 Å². The SMILES string of the molecule is CC1C(S(=O)(=O)c2ccccc2)c2c(N3CCN(CCO)CC3)cccc2S1(=O)=O. The van der Waals surface area contributed by atoms with Gasteiger partial charge in [0, 0.05) is 44.0 Å². The zero-order valence-electron chi connectivity index (χ0n) is 16.8. The Labute approximate surface area is 177 Å². The summed E-state index contributed by atoms with van der Waals surface area (Å²) >= 11 is 0. The molecule has 0 aliphatic carbocycles. The Balaban J connectivity index is 1.81. The van der Waals surface area contributed by atoms with E-state index in [-0.39, 0.29) is 16.4 Å². The number of aliphatic hydroxyl groups is 1. The lowest BCUT2D eigenvalue weighted by Gasteiger charge is -2.37. The molecule has 2 heterocycles. The molecule has 2 aliphatic rings. The number of fused-ring (bicyclic) bond motifs is 1. The first-order valence-corrected chi connectivity index (χ1v) is 13.1. The molecule has 2 aliphatic heterocycles. The second-order valence-corrected chi connectivity index (χ2v) is 12.1. The fourth-order valence-electron chi connectivity index (χ4n) is 4.46. The van der Waals surface area contributed by atoms with Gasteiger partial charge in [-0.1, -0.05) is 24.3 Å². The molecule has 1 saturated heterocycles. The van der Waals surface area contributed by atoms with E-state index in [1.165, 1.54) is 25.1 Å². The minimum absolute atomic E-state index is 0.0912. The average Bonchev–Trinajstić information content (AvgIpc) is 2.96. The third kappa shape index (κ3) is 3.43. The maximum atomic E-state index is 13.5. The predicted octanol–water partition coefficient (Wildman–Crippen LogP) is 1.49. The highest BCUT2D eigenvalue weighted by Crippen LogP contribution is 2.49. The van der Waals surface area contributed by atoms with Gasteiger partial charge in [0.05, 0.1) is 21.6 Å². The van der Waals surface area contributed by atoms with E-state index in [0.717, 1.165) is 13.1 Å². The van der Waals surface area contributed by atoms with E-state index in [2.05, 4.69) is 9.80 Å². The van der Waals surface area contributed by atoms with Crippen molar-refractivity contribution < 1.29 is 21.9 Å². The molecule has 162 valence electrons. The van der Waals surface area contributed by atoms with Gasteiger partial charge in [-0.05, 0) is 31.2 Å². The first-order valence-electron chi connectivity index (χ1n) is 10.0. The van der Waals surface area contributed by atoms with E-state index in [0.29, 0.717) is 30.9 Å². The lowest BCUT2D eigenvalue weighted by Crippen LogP contribution is -2.47. The second-order valence-electron chi connectivity index (χ2n) is 7.77. The van der Waals surface area contributed by atoms with Crippen molar-refractivity contribution in [3.8, 4) is 0 Å². The van der Waals surface area contributed by atoms with Gasteiger partial charge in [0.1, 0.15) is 5.25 Å². The van der Waals surface area contributed by atoms with Gasteiger partial charge in [0.25, 0.3) is 0 Å². The highest BCUT2D eigenvalue weighted by molar-refractivity contribution is 7.96. The maximum Gasteiger partial charge on any atom is 0.186 e. The molecule has 0 amide bonds. The number of hydrogen-bond donors (Lipinski definition) is 1. The summed E-state index contributed by atoms with van der Waals surface area (Å²) in [4.78, 5) is 4.45. The summed E-state index contributed by atoms with van der Waals surface area (Å²) in [5, 5.41) is 6.95. The molecule has 4 rings (SSSR count). The number of rotatable bonds is 5. The number of benzene rings is 2. The van der Waals surface area contributed by atoms with Crippen molar-refractivity contribution in [2.75, 3.05) is 44.2 Å². The van der Waals surface area contributed by atoms with E-state index in [1.54, 1.807) is 24.3 Å². The molecule has 2 aromatic carbocycles. The number of β-amino-alcohol motifs (C(OH)–C–C–N with tert-alkyl or cyclic N) is 1. The quantitative estimate of drug-likeness (QED) is 0.737. The summed E-state index contributed by atoms with van der Waals surface area (Å²) in [7, 11) is -7.66. The Morgan fingerprint density at radius 3 is 2.30 bits per heavy atom. The minimum Gasteiger partial charge on any atom is -0.395 e. The van der Waals surface area contributed by atoms with Crippen LogP contribution in [0.3, 0.4) is 0 Å². The van der Waals surface area contributed by atoms with Gasteiger partial charge in [0.2, 0.25) is 0 Å². The molecule has 7 nitrogen and oxygen atoms in total. The van der Waals surface area contributed by atoms with E-state index >= 15 is 0 Å². The van der Waals surface area contributed by atoms with Gasteiger partial charge in [0.15, 0.2) is 19.7 Å². The topological polar surface area (TPSA) is 95.0 Å². The van der Waals surface area contributed by atoms with Crippen molar-refractivity contribution in [1.82, 2.24) is 4.90 Å². The summed E-state index contributed by atoms with van der Waals surface area (Å²) < 4.78 is 53.3. The van der Waals surface area contributed by atoms with Crippen LogP contribution in [0, 0.1) is 0 Å². The number of sulfone groups is 2. The van der Waals surface area contributed by atoms with Crippen LogP contribution < -0.4 is 4.90 Å². The molecule has 2 atom stereocenters. The molecule has 0 aromatic heterocycles.